The van der Waals surface area contributed by atoms with E-state index in [2.05, 4.69) is 15.0 Å². The van der Waals surface area contributed by atoms with Gasteiger partial charge in [-0.3, -0.25) is 9.69 Å². The fourth-order valence-corrected chi connectivity index (χ4v) is 3.18. The van der Waals surface area contributed by atoms with Crippen molar-refractivity contribution in [2.45, 2.75) is 31.7 Å². The fraction of sp³-hybridized carbons (Fsp3) is 0.733. The van der Waals surface area contributed by atoms with Gasteiger partial charge in [0.05, 0.1) is 18.9 Å². The number of hydrogen-bond acceptors (Lipinski definition) is 5. The summed E-state index contributed by atoms with van der Waals surface area (Å²) in [5, 5.41) is 3.86. The zero-order chi connectivity index (χ0) is 14.5. The Labute approximate surface area is 125 Å². The SMILES string of the molecule is O=C(CCc1ccon1)N1CCCC1CN1CCOCC1. The van der Waals surface area contributed by atoms with Crippen molar-refractivity contribution in [1.29, 1.82) is 0 Å². The summed E-state index contributed by atoms with van der Waals surface area (Å²) in [7, 11) is 0. The topological polar surface area (TPSA) is 58.8 Å². The predicted octanol–water partition coefficient (Wildman–Crippen LogP) is 0.930. The summed E-state index contributed by atoms with van der Waals surface area (Å²) in [6.45, 7) is 5.47. The molecule has 2 aliphatic rings. The van der Waals surface area contributed by atoms with Crippen LogP contribution in [0.1, 0.15) is 25.0 Å². The number of carbonyl (C=O) groups is 1. The van der Waals surface area contributed by atoms with Crippen LogP contribution in [0, 0.1) is 0 Å². The number of nitrogens with zero attached hydrogens (tertiary/aromatic N) is 3. The van der Waals surface area contributed by atoms with Crippen molar-refractivity contribution in [2.24, 2.45) is 0 Å². The number of rotatable bonds is 5. The van der Waals surface area contributed by atoms with Crippen LogP contribution in [0.15, 0.2) is 16.9 Å². The molecule has 1 atom stereocenters. The van der Waals surface area contributed by atoms with Gasteiger partial charge in [0.1, 0.15) is 6.26 Å². The minimum atomic E-state index is 0.244. The quantitative estimate of drug-likeness (QED) is 0.808. The van der Waals surface area contributed by atoms with Crippen molar-refractivity contribution < 1.29 is 14.1 Å². The first kappa shape index (κ1) is 14.5. The lowest BCUT2D eigenvalue weighted by Crippen LogP contribution is -2.46. The molecule has 0 aliphatic carbocycles. The molecule has 3 rings (SSSR count). The Kier molecular flexibility index (Phi) is 4.87. The Hall–Kier alpha value is -1.40. The summed E-state index contributed by atoms with van der Waals surface area (Å²) in [6.07, 6.45) is 4.97. The van der Waals surface area contributed by atoms with Gasteiger partial charge in [-0.05, 0) is 12.8 Å². The Morgan fingerprint density at radius 1 is 1.33 bits per heavy atom. The zero-order valence-corrected chi connectivity index (χ0v) is 12.4. The molecule has 0 bridgehead atoms. The highest BCUT2D eigenvalue weighted by Crippen LogP contribution is 2.20. The molecule has 6 nitrogen and oxygen atoms in total. The lowest BCUT2D eigenvalue weighted by molar-refractivity contribution is -0.132. The molecule has 0 saturated carbocycles. The van der Waals surface area contributed by atoms with E-state index in [0.29, 0.717) is 18.9 Å². The second-order valence-electron chi connectivity index (χ2n) is 5.79. The summed E-state index contributed by atoms with van der Waals surface area (Å²) in [5.74, 6) is 0.244. The van der Waals surface area contributed by atoms with Crippen molar-refractivity contribution in [2.75, 3.05) is 39.4 Å². The lowest BCUT2D eigenvalue weighted by atomic mass is 10.1. The molecule has 0 radical (unpaired) electrons. The zero-order valence-electron chi connectivity index (χ0n) is 12.4. The van der Waals surface area contributed by atoms with Crippen LogP contribution in [0.3, 0.4) is 0 Å². The van der Waals surface area contributed by atoms with Gasteiger partial charge in [-0.1, -0.05) is 5.16 Å². The van der Waals surface area contributed by atoms with Gasteiger partial charge in [0.25, 0.3) is 0 Å². The van der Waals surface area contributed by atoms with Crippen LogP contribution >= 0.6 is 0 Å². The Morgan fingerprint density at radius 3 is 2.95 bits per heavy atom. The largest absolute Gasteiger partial charge is 0.379 e. The molecule has 0 spiro atoms. The maximum Gasteiger partial charge on any atom is 0.223 e. The summed E-state index contributed by atoms with van der Waals surface area (Å²) in [6, 6.07) is 2.19. The highest BCUT2D eigenvalue weighted by atomic mass is 16.5. The molecule has 116 valence electrons. The first-order valence-corrected chi connectivity index (χ1v) is 7.82. The van der Waals surface area contributed by atoms with E-state index in [1.165, 1.54) is 0 Å². The Bertz CT molecular complexity index is 443. The molecule has 2 aliphatic heterocycles. The molecule has 2 fully saturated rings. The number of likely N-dealkylation sites (tertiary alicyclic amines) is 1. The minimum absolute atomic E-state index is 0.244. The summed E-state index contributed by atoms with van der Waals surface area (Å²) in [5.41, 5.74) is 0.854. The van der Waals surface area contributed by atoms with Crippen LogP contribution in [0.2, 0.25) is 0 Å². The monoisotopic (exact) mass is 293 g/mol. The van der Waals surface area contributed by atoms with E-state index in [0.717, 1.165) is 57.9 Å². The third-order valence-corrected chi connectivity index (χ3v) is 4.36. The van der Waals surface area contributed by atoms with Crippen LogP contribution in [0.4, 0.5) is 0 Å². The molecule has 21 heavy (non-hydrogen) atoms. The number of aryl methyl sites for hydroxylation is 1. The minimum Gasteiger partial charge on any atom is -0.379 e. The molecule has 0 aromatic carbocycles. The van der Waals surface area contributed by atoms with Gasteiger partial charge in [-0.15, -0.1) is 0 Å². The van der Waals surface area contributed by atoms with E-state index in [1.807, 2.05) is 6.07 Å². The van der Waals surface area contributed by atoms with Gasteiger partial charge < -0.3 is 14.2 Å². The van der Waals surface area contributed by atoms with Crippen molar-refractivity contribution in [3.05, 3.63) is 18.0 Å². The maximum atomic E-state index is 12.4. The third-order valence-electron chi connectivity index (χ3n) is 4.36. The first-order chi connectivity index (χ1) is 10.3. The van der Waals surface area contributed by atoms with Crippen molar-refractivity contribution >= 4 is 5.91 Å². The molecule has 0 N–H and O–H groups in total. The van der Waals surface area contributed by atoms with Gasteiger partial charge in [-0.25, -0.2) is 0 Å². The van der Waals surface area contributed by atoms with Gasteiger partial charge >= 0.3 is 0 Å². The Balaban J connectivity index is 1.49. The van der Waals surface area contributed by atoms with Gasteiger partial charge in [-0.2, -0.15) is 0 Å². The number of ether oxygens (including phenoxy) is 1. The van der Waals surface area contributed by atoms with Gasteiger partial charge in [0, 0.05) is 51.1 Å². The first-order valence-electron chi connectivity index (χ1n) is 7.82. The average Bonchev–Trinajstić information content (AvgIpc) is 3.17. The molecule has 1 unspecified atom stereocenters. The molecule has 3 heterocycles. The number of hydrogen-bond donors (Lipinski definition) is 0. The van der Waals surface area contributed by atoms with Crippen LogP contribution < -0.4 is 0 Å². The third kappa shape index (κ3) is 3.83. The molecule has 2 saturated heterocycles. The number of amides is 1. The van der Waals surface area contributed by atoms with Crippen molar-refractivity contribution in [1.82, 2.24) is 15.0 Å². The van der Waals surface area contributed by atoms with E-state index < -0.39 is 0 Å². The van der Waals surface area contributed by atoms with Crippen molar-refractivity contribution in [3.63, 3.8) is 0 Å². The highest BCUT2D eigenvalue weighted by molar-refractivity contribution is 5.77. The predicted molar refractivity (Wildman–Crippen MR) is 76.8 cm³/mol. The summed E-state index contributed by atoms with van der Waals surface area (Å²) >= 11 is 0. The molecular weight excluding hydrogens is 270 g/mol. The number of morpholine rings is 1. The smallest absolute Gasteiger partial charge is 0.223 e. The highest BCUT2D eigenvalue weighted by Gasteiger charge is 2.30. The maximum absolute atomic E-state index is 12.4. The second kappa shape index (κ2) is 7.04. The van der Waals surface area contributed by atoms with E-state index >= 15 is 0 Å². The summed E-state index contributed by atoms with van der Waals surface area (Å²) < 4.78 is 10.2. The fourth-order valence-electron chi connectivity index (χ4n) is 3.18. The Morgan fingerprint density at radius 2 is 2.19 bits per heavy atom. The van der Waals surface area contributed by atoms with E-state index in [9.17, 15) is 4.79 Å². The van der Waals surface area contributed by atoms with E-state index in [-0.39, 0.29) is 5.91 Å². The normalized spacial score (nSPS) is 23.6. The number of aromatic nitrogens is 1. The lowest BCUT2D eigenvalue weighted by Gasteiger charge is -2.33. The molecule has 1 amide bonds. The van der Waals surface area contributed by atoms with Crippen LogP contribution in [0.5, 0.6) is 0 Å². The molecule has 6 heteroatoms. The van der Waals surface area contributed by atoms with Gasteiger partial charge in [0.15, 0.2) is 0 Å². The average molecular weight is 293 g/mol. The summed E-state index contributed by atoms with van der Waals surface area (Å²) in [4.78, 5) is 16.9. The standard InChI is InChI=1S/C15H23N3O3/c19-15(4-3-13-5-9-21-16-13)18-6-1-2-14(18)12-17-7-10-20-11-8-17/h5,9,14H,1-4,6-8,10-12H2. The molecule has 1 aromatic rings. The second-order valence-corrected chi connectivity index (χ2v) is 5.79. The molecule has 1 aromatic heterocycles. The van der Waals surface area contributed by atoms with Gasteiger partial charge in [0.2, 0.25) is 5.91 Å². The van der Waals surface area contributed by atoms with Crippen molar-refractivity contribution in [3.8, 4) is 0 Å². The van der Waals surface area contributed by atoms with Crippen LogP contribution in [-0.2, 0) is 16.0 Å². The van der Waals surface area contributed by atoms with Crippen LogP contribution in [-0.4, -0.2) is 66.3 Å². The molecular formula is C15H23N3O3. The number of carbonyl (C=O) groups excluding carboxylic acids is 1. The van der Waals surface area contributed by atoms with Crippen LogP contribution in [0.25, 0.3) is 0 Å². The van der Waals surface area contributed by atoms with E-state index in [4.69, 9.17) is 9.26 Å². The van der Waals surface area contributed by atoms with E-state index in [1.54, 1.807) is 6.26 Å².